The third-order valence-electron chi connectivity index (χ3n) is 9.38. The number of ether oxygens (including phenoxy) is 1. The van der Waals surface area contributed by atoms with Crippen LogP contribution in [0.2, 0.25) is 0 Å². The summed E-state index contributed by atoms with van der Waals surface area (Å²) < 4.78 is 6.23. The van der Waals surface area contributed by atoms with Gasteiger partial charge in [-0.15, -0.1) is 0 Å². The Balaban J connectivity index is 1.53. The van der Waals surface area contributed by atoms with Crippen molar-refractivity contribution in [1.82, 2.24) is 0 Å². The quantitative estimate of drug-likeness (QED) is 0.620. The van der Waals surface area contributed by atoms with Gasteiger partial charge in [0.25, 0.3) is 0 Å². The molecule has 0 aromatic rings. The smallest absolute Gasteiger partial charge is 0.0661 e. The first-order chi connectivity index (χ1) is 14.0. The van der Waals surface area contributed by atoms with E-state index in [1.54, 1.807) is 0 Å². The first kappa shape index (κ1) is 22.5. The zero-order chi connectivity index (χ0) is 21.9. The monoisotopic (exact) mass is 418 g/mol. The summed E-state index contributed by atoms with van der Waals surface area (Å²) in [6, 6.07) is 0. The summed E-state index contributed by atoms with van der Waals surface area (Å²) in [6.07, 6.45) is 10.4. The van der Waals surface area contributed by atoms with Crippen molar-refractivity contribution < 1.29 is 20.1 Å². The molecule has 30 heavy (non-hydrogen) atoms. The van der Waals surface area contributed by atoms with Gasteiger partial charge in [0.2, 0.25) is 0 Å². The topological polar surface area (TPSA) is 69.9 Å². The highest BCUT2D eigenvalue weighted by atomic mass is 16.5. The molecular weight excluding hydrogens is 376 g/mol. The summed E-state index contributed by atoms with van der Waals surface area (Å²) in [7, 11) is 0. The molecule has 4 heteroatoms. The van der Waals surface area contributed by atoms with Gasteiger partial charge in [-0.3, -0.25) is 0 Å². The van der Waals surface area contributed by atoms with Gasteiger partial charge in [-0.1, -0.05) is 37.1 Å². The van der Waals surface area contributed by atoms with Gasteiger partial charge in [-0.25, -0.2) is 0 Å². The minimum absolute atomic E-state index is 0.195. The molecule has 0 saturated heterocycles. The first-order valence-electron chi connectivity index (χ1n) is 12.1. The highest BCUT2D eigenvalue weighted by molar-refractivity contribution is 5.40. The second-order valence-electron chi connectivity index (χ2n) is 11.7. The summed E-state index contributed by atoms with van der Waals surface area (Å²) in [6.45, 7) is 11.2. The Morgan fingerprint density at radius 2 is 1.87 bits per heavy atom. The molecule has 8 atom stereocenters. The van der Waals surface area contributed by atoms with Gasteiger partial charge in [0, 0.05) is 18.4 Å². The standard InChI is InChI=1S/C26H42O4/c1-16(30-13-12-24(2,3)29)20-8-9-21-19-7-6-17-14-18(27)15-23(28)26(17,5)22(19)10-11-25(20,21)4/h6-7,16,18,20-23,27-29H,8-15H2,1-5H3/t16-,18+,20+,21-,22-,23-,25+,26-/m0/s1. The lowest BCUT2D eigenvalue weighted by molar-refractivity contribution is -0.0690. The van der Waals surface area contributed by atoms with E-state index in [4.69, 9.17) is 4.74 Å². The van der Waals surface area contributed by atoms with Gasteiger partial charge in [0.1, 0.15) is 0 Å². The molecule has 0 bridgehead atoms. The Hall–Kier alpha value is -0.680. The number of allylic oxidation sites excluding steroid dienone is 3. The molecule has 3 fully saturated rings. The third-order valence-corrected chi connectivity index (χ3v) is 9.38. The Labute approximate surface area is 182 Å². The summed E-state index contributed by atoms with van der Waals surface area (Å²) in [5.41, 5.74) is 2.11. The molecule has 0 aromatic heterocycles. The maximum Gasteiger partial charge on any atom is 0.0661 e. The van der Waals surface area contributed by atoms with Crippen molar-refractivity contribution in [2.75, 3.05) is 6.61 Å². The van der Waals surface area contributed by atoms with E-state index in [0.29, 0.717) is 43.6 Å². The molecule has 0 aliphatic heterocycles. The van der Waals surface area contributed by atoms with E-state index in [2.05, 4.69) is 32.9 Å². The molecule has 0 aromatic carbocycles. The van der Waals surface area contributed by atoms with E-state index < -0.39 is 17.8 Å². The number of rotatable bonds is 5. The van der Waals surface area contributed by atoms with Crippen molar-refractivity contribution in [3.8, 4) is 0 Å². The summed E-state index contributed by atoms with van der Waals surface area (Å²) in [5.74, 6) is 1.47. The van der Waals surface area contributed by atoms with E-state index in [1.165, 1.54) is 30.4 Å². The maximum atomic E-state index is 11.0. The molecule has 4 nitrogen and oxygen atoms in total. The zero-order valence-corrected chi connectivity index (χ0v) is 19.5. The molecule has 4 aliphatic carbocycles. The maximum absolute atomic E-state index is 11.0. The zero-order valence-electron chi connectivity index (χ0n) is 19.5. The van der Waals surface area contributed by atoms with Crippen LogP contribution >= 0.6 is 0 Å². The number of aliphatic hydroxyl groups is 3. The molecule has 0 heterocycles. The lowest BCUT2D eigenvalue weighted by atomic mass is 9.49. The van der Waals surface area contributed by atoms with Crippen LogP contribution in [-0.2, 0) is 4.74 Å². The van der Waals surface area contributed by atoms with Gasteiger partial charge < -0.3 is 20.1 Å². The predicted molar refractivity (Wildman–Crippen MR) is 119 cm³/mol. The molecule has 3 N–H and O–H groups in total. The summed E-state index contributed by atoms with van der Waals surface area (Å²) in [5, 5.41) is 31.2. The number of aliphatic hydroxyl groups excluding tert-OH is 2. The van der Waals surface area contributed by atoms with Gasteiger partial charge in [-0.2, -0.15) is 0 Å². The van der Waals surface area contributed by atoms with Crippen LogP contribution < -0.4 is 0 Å². The van der Waals surface area contributed by atoms with Gasteiger partial charge in [-0.05, 0) is 82.5 Å². The van der Waals surface area contributed by atoms with Crippen molar-refractivity contribution >= 4 is 0 Å². The van der Waals surface area contributed by atoms with Crippen molar-refractivity contribution in [3.05, 3.63) is 23.3 Å². The highest BCUT2D eigenvalue weighted by Gasteiger charge is 2.59. The molecule has 0 amide bonds. The van der Waals surface area contributed by atoms with E-state index in [-0.39, 0.29) is 16.9 Å². The van der Waals surface area contributed by atoms with Crippen LogP contribution in [0, 0.1) is 28.6 Å². The molecular formula is C26H42O4. The van der Waals surface area contributed by atoms with Crippen molar-refractivity contribution in [1.29, 1.82) is 0 Å². The number of fused-ring (bicyclic) bond motifs is 5. The van der Waals surface area contributed by atoms with E-state index in [0.717, 1.165) is 6.42 Å². The normalized spacial score (nSPS) is 44.5. The molecule has 0 radical (unpaired) electrons. The Morgan fingerprint density at radius 3 is 2.57 bits per heavy atom. The fraction of sp³-hybridized carbons (Fsp3) is 0.846. The highest BCUT2D eigenvalue weighted by Crippen LogP contribution is 2.65. The second-order valence-corrected chi connectivity index (χ2v) is 11.7. The van der Waals surface area contributed by atoms with Crippen molar-refractivity contribution in [2.24, 2.45) is 28.6 Å². The molecule has 4 rings (SSSR count). The van der Waals surface area contributed by atoms with Crippen LogP contribution in [-0.4, -0.2) is 45.8 Å². The van der Waals surface area contributed by atoms with E-state index in [9.17, 15) is 15.3 Å². The van der Waals surface area contributed by atoms with Gasteiger partial charge in [0.15, 0.2) is 0 Å². The Kier molecular flexibility index (Phi) is 5.79. The lowest BCUT2D eigenvalue weighted by Crippen LogP contribution is -2.52. The summed E-state index contributed by atoms with van der Waals surface area (Å²) >= 11 is 0. The molecule has 0 unspecified atom stereocenters. The van der Waals surface area contributed by atoms with Crippen LogP contribution in [0.15, 0.2) is 23.3 Å². The third kappa shape index (κ3) is 3.62. The Bertz CT molecular complexity index is 719. The van der Waals surface area contributed by atoms with Crippen molar-refractivity contribution in [2.45, 2.75) is 103 Å². The largest absolute Gasteiger partial charge is 0.393 e. The SMILES string of the molecule is C[C@H](OCCC(C)(C)O)[C@H]1CC[C@H]2C3=CC=C4C[C@@H](O)C[C@H](O)[C@]4(C)[C@H]3CC[C@]12C. The second kappa shape index (κ2) is 7.72. The molecule has 4 aliphatic rings. The number of hydrogen-bond donors (Lipinski definition) is 3. The minimum Gasteiger partial charge on any atom is -0.393 e. The van der Waals surface area contributed by atoms with Crippen LogP contribution in [0.3, 0.4) is 0 Å². The first-order valence-corrected chi connectivity index (χ1v) is 12.1. The average Bonchev–Trinajstić information content (AvgIpc) is 2.99. The van der Waals surface area contributed by atoms with Gasteiger partial charge >= 0.3 is 0 Å². The van der Waals surface area contributed by atoms with E-state index >= 15 is 0 Å². The molecule has 3 saturated carbocycles. The van der Waals surface area contributed by atoms with Crippen LogP contribution in [0.4, 0.5) is 0 Å². The van der Waals surface area contributed by atoms with Crippen LogP contribution in [0.25, 0.3) is 0 Å². The predicted octanol–water partition coefficient (Wildman–Crippen LogP) is 4.38. The average molecular weight is 419 g/mol. The summed E-state index contributed by atoms with van der Waals surface area (Å²) in [4.78, 5) is 0. The van der Waals surface area contributed by atoms with Crippen LogP contribution in [0.5, 0.6) is 0 Å². The van der Waals surface area contributed by atoms with E-state index in [1.807, 2.05) is 13.8 Å². The van der Waals surface area contributed by atoms with Crippen LogP contribution in [0.1, 0.15) is 79.6 Å². The fourth-order valence-corrected chi connectivity index (χ4v) is 7.47. The lowest BCUT2D eigenvalue weighted by Gasteiger charge is -2.56. The fourth-order valence-electron chi connectivity index (χ4n) is 7.47. The molecule has 170 valence electrons. The van der Waals surface area contributed by atoms with Crippen molar-refractivity contribution in [3.63, 3.8) is 0 Å². The minimum atomic E-state index is -0.680. The molecule has 0 spiro atoms. The van der Waals surface area contributed by atoms with Gasteiger partial charge in [0.05, 0.1) is 23.9 Å². The Morgan fingerprint density at radius 1 is 1.13 bits per heavy atom. The number of hydrogen-bond acceptors (Lipinski definition) is 4.